The molecule has 0 unspecified atom stereocenters. The largest absolute Gasteiger partial charge is 0.494 e. The van der Waals surface area contributed by atoms with Gasteiger partial charge < -0.3 is 14.5 Å². The Morgan fingerprint density at radius 3 is 2.50 bits per heavy atom. The minimum atomic E-state index is -3.33. The Hall–Kier alpha value is -2.65. The summed E-state index contributed by atoms with van der Waals surface area (Å²) in [6.07, 6.45) is 0.0205. The molecule has 0 saturated carbocycles. The molecule has 0 radical (unpaired) electrons. The van der Waals surface area contributed by atoms with Gasteiger partial charge in [-0.1, -0.05) is 47.7 Å². The fourth-order valence-corrected chi connectivity index (χ4v) is 6.28. The molecule has 7 nitrogen and oxygen atoms in total. The number of amides is 1. The van der Waals surface area contributed by atoms with Crippen LogP contribution in [-0.4, -0.2) is 63.3 Å². The van der Waals surface area contributed by atoms with Gasteiger partial charge in [0.25, 0.3) is 0 Å². The third-order valence-corrected chi connectivity index (χ3v) is 8.52. The van der Waals surface area contributed by atoms with Crippen molar-refractivity contribution < 1.29 is 17.9 Å². The summed E-state index contributed by atoms with van der Waals surface area (Å²) in [7, 11) is -1.68. The highest BCUT2D eigenvalue weighted by atomic mass is 32.2. The number of carbonyl (C=O) groups excluding carboxylic acids is 1. The van der Waals surface area contributed by atoms with Crippen molar-refractivity contribution in [1.82, 2.24) is 9.88 Å². The van der Waals surface area contributed by atoms with Crippen molar-refractivity contribution in [3.63, 3.8) is 0 Å². The first-order valence-corrected chi connectivity index (χ1v) is 13.2. The van der Waals surface area contributed by atoms with Crippen LogP contribution in [0.3, 0.4) is 0 Å². The van der Waals surface area contributed by atoms with Crippen LogP contribution in [0.5, 0.6) is 5.75 Å². The van der Waals surface area contributed by atoms with Gasteiger partial charge in [0, 0.05) is 32.6 Å². The van der Waals surface area contributed by atoms with Crippen molar-refractivity contribution >= 4 is 42.4 Å². The second-order valence-corrected chi connectivity index (χ2v) is 11.1. The van der Waals surface area contributed by atoms with Crippen LogP contribution < -0.4 is 9.64 Å². The number of fused-ring (bicyclic) bond motifs is 1. The molecule has 3 aromatic rings. The summed E-state index contributed by atoms with van der Waals surface area (Å²) in [5.41, 5.74) is 2.78. The third-order valence-electron chi connectivity index (χ3n) is 5.67. The van der Waals surface area contributed by atoms with E-state index in [9.17, 15) is 13.2 Å². The Kier molecular flexibility index (Phi) is 6.66. The molecule has 170 valence electrons. The monoisotopic (exact) mass is 473 g/mol. The van der Waals surface area contributed by atoms with Crippen molar-refractivity contribution in [3.8, 4) is 5.75 Å². The maximum atomic E-state index is 12.6. The van der Waals surface area contributed by atoms with Gasteiger partial charge in [0.2, 0.25) is 5.91 Å². The van der Waals surface area contributed by atoms with Crippen molar-refractivity contribution in [1.29, 1.82) is 0 Å². The van der Waals surface area contributed by atoms with Gasteiger partial charge in [-0.25, -0.2) is 13.4 Å². The van der Waals surface area contributed by atoms with Gasteiger partial charge in [0.15, 0.2) is 15.0 Å². The number of ether oxygens (including phenoxy) is 1. The molecule has 0 N–H and O–H groups in total. The lowest BCUT2D eigenvalue weighted by atomic mass is 10.2. The molecular weight excluding hydrogens is 446 g/mol. The van der Waals surface area contributed by atoms with E-state index >= 15 is 0 Å². The molecule has 0 aliphatic carbocycles. The highest BCUT2D eigenvalue weighted by Gasteiger charge is 2.25. The average molecular weight is 474 g/mol. The normalized spacial score (nSPS) is 14.7. The zero-order valence-corrected chi connectivity index (χ0v) is 19.9. The van der Waals surface area contributed by atoms with Gasteiger partial charge in [-0.15, -0.1) is 0 Å². The SMILES string of the molecule is COc1ccc(C)c2sc(N3CCN(C(=O)CCS(=O)(=O)Cc4ccccc4)CC3)nc12. The summed E-state index contributed by atoms with van der Waals surface area (Å²) >= 11 is 1.64. The zero-order valence-electron chi connectivity index (χ0n) is 18.3. The van der Waals surface area contributed by atoms with E-state index in [0.29, 0.717) is 26.2 Å². The predicted molar refractivity (Wildman–Crippen MR) is 128 cm³/mol. The third kappa shape index (κ3) is 5.05. The number of hydrogen-bond acceptors (Lipinski definition) is 7. The highest BCUT2D eigenvalue weighted by molar-refractivity contribution is 7.90. The van der Waals surface area contributed by atoms with Crippen molar-refractivity contribution in [2.24, 2.45) is 0 Å². The Labute approximate surface area is 192 Å². The fraction of sp³-hybridized carbons (Fsp3) is 0.391. The van der Waals surface area contributed by atoms with E-state index in [1.807, 2.05) is 30.3 Å². The van der Waals surface area contributed by atoms with Crippen molar-refractivity contribution in [2.75, 3.05) is 43.9 Å². The number of aromatic nitrogens is 1. The van der Waals surface area contributed by atoms with Gasteiger partial charge in [-0.2, -0.15) is 0 Å². The number of methoxy groups -OCH3 is 1. The molecule has 1 amide bonds. The fourth-order valence-electron chi connectivity index (χ4n) is 3.85. The van der Waals surface area contributed by atoms with Gasteiger partial charge in [-0.05, 0) is 24.1 Å². The summed E-state index contributed by atoms with van der Waals surface area (Å²) in [5, 5.41) is 0.921. The summed E-state index contributed by atoms with van der Waals surface area (Å²) < 4.78 is 31.3. The first-order valence-electron chi connectivity index (χ1n) is 10.6. The van der Waals surface area contributed by atoms with E-state index in [2.05, 4.69) is 11.8 Å². The molecule has 9 heteroatoms. The van der Waals surface area contributed by atoms with Crippen LogP contribution in [0.4, 0.5) is 5.13 Å². The van der Waals surface area contributed by atoms with Crippen LogP contribution in [0.25, 0.3) is 10.2 Å². The molecule has 0 spiro atoms. The van der Waals surface area contributed by atoms with Crippen LogP contribution >= 0.6 is 11.3 Å². The van der Waals surface area contributed by atoms with Gasteiger partial charge in [0.1, 0.15) is 11.3 Å². The summed E-state index contributed by atoms with van der Waals surface area (Å²) in [6, 6.07) is 13.0. The molecule has 4 rings (SSSR count). The Morgan fingerprint density at radius 1 is 1.09 bits per heavy atom. The van der Waals surface area contributed by atoms with Crippen LogP contribution in [0.15, 0.2) is 42.5 Å². The number of carbonyl (C=O) groups is 1. The minimum Gasteiger partial charge on any atom is -0.494 e. The van der Waals surface area contributed by atoms with E-state index in [4.69, 9.17) is 9.72 Å². The number of thiazole rings is 1. The second-order valence-electron chi connectivity index (χ2n) is 7.95. The molecule has 0 bridgehead atoms. The predicted octanol–water partition coefficient (Wildman–Crippen LogP) is 3.27. The van der Waals surface area contributed by atoms with Crippen LogP contribution in [0.2, 0.25) is 0 Å². The number of piperazine rings is 1. The standard InChI is InChI=1S/C23H27N3O4S2/c1-17-8-9-19(30-2)21-22(17)31-23(24-21)26-13-11-25(12-14-26)20(27)10-15-32(28,29)16-18-6-4-3-5-7-18/h3-9H,10-16H2,1-2H3. The molecule has 1 fully saturated rings. The average Bonchev–Trinajstić information content (AvgIpc) is 3.25. The van der Waals surface area contributed by atoms with E-state index in [0.717, 1.165) is 32.2 Å². The molecule has 1 saturated heterocycles. The van der Waals surface area contributed by atoms with Gasteiger partial charge >= 0.3 is 0 Å². The molecule has 1 aliphatic heterocycles. The van der Waals surface area contributed by atoms with Crippen molar-refractivity contribution in [3.05, 3.63) is 53.6 Å². The number of benzene rings is 2. The second kappa shape index (κ2) is 9.46. The Bertz CT molecular complexity index is 1200. The summed E-state index contributed by atoms with van der Waals surface area (Å²) in [4.78, 5) is 21.3. The number of hydrogen-bond donors (Lipinski definition) is 0. The van der Waals surface area contributed by atoms with Crippen LogP contribution in [0, 0.1) is 6.92 Å². The summed E-state index contributed by atoms with van der Waals surface area (Å²) in [6.45, 7) is 4.52. The maximum Gasteiger partial charge on any atom is 0.223 e. The van der Waals surface area contributed by atoms with Crippen molar-refractivity contribution in [2.45, 2.75) is 19.1 Å². The molecule has 2 heterocycles. The zero-order chi connectivity index (χ0) is 22.7. The molecule has 1 aliphatic rings. The lowest BCUT2D eigenvalue weighted by Gasteiger charge is -2.34. The molecule has 0 atom stereocenters. The quantitative estimate of drug-likeness (QED) is 0.524. The smallest absolute Gasteiger partial charge is 0.223 e. The first-order chi connectivity index (χ1) is 15.4. The summed E-state index contributed by atoms with van der Waals surface area (Å²) in [5.74, 6) is 0.495. The number of sulfone groups is 1. The van der Waals surface area contributed by atoms with Gasteiger partial charge in [-0.3, -0.25) is 4.79 Å². The van der Waals surface area contributed by atoms with E-state index < -0.39 is 9.84 Å². The number of rotatable bonds is 7. The highest BCUT2D eigenvalue weighted by Crippen LogP contribution is 2.36. The first kappa shape index (κ1) is 22.5. The number of aryl methyl sites for hydroxylation is 1. The Morgan fingerprint density at radius 2 is 1.81 bits per heavy atom. The molecule has 1 aromatic heterocycles. The molecule has 32 heavy (non-hydrogen) atoms. The minimum absolute atomic E-state index is 0.0205. The van der Waals surface area contributed by atoms with Gasteiger partial charge in [0.05, 0.1) is 23.3 Å². The molecule has 2 aromatic carbocycles. The Balaban J connectivity index is 1.33. The van der Waals surface area contributed by atoms with Crippen LogP contribution in [0.1, 0.15) is 17.5 Å². The lowest BCUT2D eigenvalue weighted by Crippen LogP contribution is -2.49. The van der Waals surface area contributed by atoms with E-state index in [-0.39, 0.29) is 23.8 Å². The molecular formula is C23H27N3O4S2. The van der Waals surface area contributed by atoms with Crippen LogP contribution in [-0.2, 0) is 20.4 Å². The van der Waals surface area contributed by atoms with E-state index in [1.54, 1.807) is 35.5 Å². The lowest BCUT2D eigenvalue weighted by molar-refractivity contribution is -0.131. The number of nitrogens with zero attached hydrogens (tertiary/aromatic N) is 3. The number of anilines is 1. The maximum absolute atomic E-state index is 12.6. The topological polar surface area (TPSA) is 79.8 Å². The van der Waals surface area contributed by atoms with E-state index in [1.165, 1.54) is 0 Å².